The van der Waals surface area contributed by atoms with Crippen LogP contribution in [0.25, 0.3) is 5.57 Å². The third kappa shape index (κ3) is 1.89. The Labute approximate surface area is 91.3 Å². The zero-order valence-corrected chi connectivity index (χ0v) is 9.91. The maximum absolute atomic E-state index is 4.56. The third-order valence-corrected chi connectivity index (χ3v) is 2.72. The van der Waals surface area contributed by atoms with Crippen LogP contribution >= 0.6 is 0 Å². The van der Waals surface area contributed by atoms with Crippen molar-refractivity contribution in [3.63, 3.8) is 0 Å². The number of hydrogen-bond acceptors (Lipinski definition) is 1. The van der Waals surface area contributed by atoms with E-state index in [2.05, 4.69) is 50.2 Å². The van der Waals surface area contributed by atoms with Gasteiger partial charge < -0.3 is 0 Å². The van der Waals surface area contributed by atoms with Crippen LogP contribution in [0.5, 0.6) is 0 Å². The molecule has 2 nitrogen and oxygen atoms in total. The fraction of sp³-hybridized carbons (Fsp3) is 0.462. The molecule has 0 N–H and O–H groups in total. The van der Waals surface area contributed by atoms with E-state index < -0.39 is 0 Å². The molecule has 0 fully saturated rings. The van der Waals surface area contributed by atoms with Crippen LogP contribution in [-0.4, -0.2) is 9.78 Å². The molecule has 0 amide bonds. The third-order valence-electron chi connectivity index (χ3n) is 2.72. The van der Waals surface area contributed by atoms with Crippen LogP contribution in [0.4, 0.5) is 0 Å². The minimum atomic E-state index is 0.156. The molecule has 0 aromatic carbocycles. The van der Waals surface area contributed by atoms with Gasteiger partial charge in [0, 0.05) is 18.2 Å². The fourth-order valence-electron chi connectivity index (χ4n) is 1.96. The summed E-state index contributed by atoms with van der Waals surface area (Å²) >= 11 is 0. The second-order valence-corrected chi connectivity index (χ2v) is 5.09. The van der Waals surface area contributed by atoms with E-state index in [1.165, 1.54) is 11.3 Å². The van der Waals surface area contributed by atoms with Crippen molar-refractivity contribution in [2.24, 2.45) is 7.05 Å². The first-order valence-corrected chi connectivity index (χ1v) is 5.40. The molecular weight excluding hydrogens is 184 g/mol. The van der Waals surface area contributed by atoms with Crippen molar-refractivity contribution in [1.29, 1.82) is 0 Å². The average Bonchev–Trinajstić information content (AvgIpc) is 2.68. The van der Waals surface area contributed by atoms with Crippen molar-refractivity contribution < 1.29 is 0 Å². The van der Waals surface area contributed by atoms with E-state index in [0.29, 0.717) is 0 Å². The van der Waals surface area contributed by atoms with E-state index in [1.807, 2.05) is 11.7 Å². The zero-order valence-electron chi connectivity index (χ0n) is 9.91. The topological polar surface area (TPSA) is 17.8 Å². The van der Waals surface area contributed by atoms with Gasteiger partial charge >= 0.3 is 0 Å². The predicted molar refractivity (Wildman–Crippen MR) is 63.6 cm³/mol. The van der Waals surface area contributed by atoms with Crippen molar-refractivity contribution in [2.45, 2.75) is 32.6 Å². The van der Waals surface area contributed by atoms with Gasteiger partial charge in [0.25, 0.3) is 0 Å². The van der Waals surface area contributed by atoms with E-state index in [1.54, 1.807) is 0 Å². The molecule has 2 rings (SSSR count). The lowest BCUT2D eigenvalue weighted by Gasteiger charge is -2.17. The highest BCUT2D eigenvalue weighted by molar-refractivity contribution is 5.74. The summed E-state index contributed by atoms with van der Waals surface area (Å²) in [5, 5.41) is 4.56. The summed E-state index contributed by atoms with van der Waals surface area (Å²) in [5.41, 5.74) is 3.78. The number of nitrogens with zero attached hydrogens (tertiary/aromatic N) is 2. The summed E-state index contributed by atoms with van der Waals surface area (Å²) in [5.74, 6) is 0. The van der Waals surface area contributed by atoms with E-state index in [-0.39, 0.29) is 5.41 Å². The quantitative estimate of drug-likeness (QED) is 0.684. The van der Waals surface area contributed by atoms with E-state index in [4.69, 9.17) is 0 Å². The molecule has 0 unspecified atom stereocenters. The number of hydrogen-bond donors (Lipinski definition) is 0. The highest BCUT2D eigenvalue weighted by Gasteiger charge is 2.20. The van der Waals surface area contributed by atoms with Crippen molar-refractivity contribution in [2.75, 3.05) is 0 Å². The van der Waals surface area contributed by atoms with Gasteiger partial charge in [0.05, 0.1) is 5.69 Å². The van der Waals surface area contributed by atoms with Crippen LogP contribution in [0.15, 0.2) is 24.3 Å². The maximum Gasteiger partial charge on any atom is 0.0922 e. The summed E-state index contributed by atoms with van der Waals surface area (Å²) in [7, 11) is 2.02. The van der Waals surface area contributed by atoms with Gasteiger partial charge in [-0.15, -0.1) is 0 Å². The Morgan fingerprint density at radius 2 is 2.07 bits per heavy atom. The highest BCUT2D eigenvalue weighted by Crippen LogP contribution is 2.27. The maximum atomic E-state index is 4.56. The van der Waals surface area contributed by atoms with Crippen molar-refractivity contribution in [3.8, 4) is 0 Å². The van der Waals surface area contributed by atoms with Crippen LogP contribution < -0.4 is 0 Å². The molecule has 1 aliphatic rings. The molecular formula is C13H18N2. The molecule has 0 atom stereocenters. The van der Waals surface area contributed by atoms with E-state index in [0.717, 1.165) is 12.1 Å². The normalized spacial score (nSPS) is 15.9. The minimum absolute atomic E-state index is 0.156. The van der Waals surface area contributed by atoms with Gasteiger partial charge in [-0.1, -0.05) is 39.0 Å². The SMILES string of the molecule is Cn1nc(C2=CCC=C2)cc1C(C)(C)C. The van der Waals surface area contributed by atoms with Gasteiger partial charge in [-0.25, -0.2) is 0 Å². The lowest BCUT2D eigenvalue weighted by atomic mass is 9.91. The van der Waals surface area contributed by atoms with Crippen molar-refractivity contribution in [1.82, 2.24) is 9.78 Å². The first-order chi connectivity index (χ1) is 6.98. The van der Waals surface area contributed by atoms with E-state index in [9.17, 15) is 0 Å². The van der Waals surface area contributed by atoms with Gasteiger partial charge in [-0.05, 0) is 18.1 Å². The van der Waals surface area contributed by atoms with Gasteiger partial charge in [0.15, 0.2) is 0 Å². The molecule has 0 saturated carbocycles. The molecule has 0 bridgehead atoms. The largest absolute Gasteiger partial charge is 0.272 e. The zero-order chi connectivity index (χ0) is 11.1. The first-order valence-electron chi connectivity index (χ1n) is 5.40. The molecule has 0 saturated heterocycles. The monoisotopic (exact) mass is 202 g/mol. The standard InChI is InChI=1S/C13H18N2/c1-13(2,3)12-9-11(14-15(12)4)10-7-5-6-8-10/h5,7-9H,6H2,1-4H3. The van der Waals surface area contributed by atoms with Gasteiger partial charge in [-0.2, -0.15) is 5.10 Å². The van der Waals surface area contributed by atoms with Gasteiger partial charge in [0.1, 0.15) is 0 Å². The fourth-order valence-corrected chi connectivity index (χ4v) is 1.96. The lowest BCUT2D eigenvalue weighted by molar-refractivity contribution is 0.523. The summed E-state index contributed by atoms with van der Waals surface area (Å²) in [6.07, 6.45) is 7.57. The number of aromatic nitrogens is 2. The average molecular weight is 202 g/mol. The Morgan fingerprint density at radius 1 is 1.33 bits per heavy atom. The molecule has 0 aliphatic heterocycles. The second kappa shape index (κ2) is 3.37. The lowest BCUT2D eigenvalue weighted by Crippen LogP contribution is -2.16. The Hall–Kier alpha value is -1.31. The molecule has 1 aliphatic carbocycles. The van der Waals surface area contributed by atoms with Crippen molar-refractivity contribution in [3.05, 3.63) is 35.7 Å². The van der Waals surface area contributed by atoms with Gasteiger partial charge in [-0.3, -0.25) is 4.68 Å². The minimum Gasteiger partial charge on any atom is -0.272 e. The molecule has 80 valence electrons. The number of allylic oxidation sites excluding steroid dienone is 4. The Bertz CT molecular complexity index is 428. The summed E-state index contributed by atoms with van der Waals surface area (Å²) in [6.45, 7) is 6.64. The molecule has 1 aromatic heterocycles. The molecule has 2 heteroatoms. The number of aryl methyl sites for hydroxylation is 1. The van der Waals surface area contributed by atoms with Crippen LogP contribution in [0, 0.1) is 0 Å². The second-order valence-electron chi connectivity index (χ2n) is 5.09. The number of rotatable bonds is 1. The molecule has 0 radical (unpaired) electrons. The predicted octanol–water partition coefficient (Wildman–Crippen LogP) is 3.06. The molecule has 1 aromatic rings. The van der Waals surface area contributed by atoms with Crippen molar-refractivity contribution >= 4 is 5.57 Å². The summed E-state index contributed by atoms with van der Waals surface area (Å²) < 4.78 is 1.99. The van der Waals surface area contributed by atoms with Crippen LogP contribution in [0.3, 0.4) is 0 Å². The Balaban J connectivity index is 2.41. The van der Waals surface area contributed by atoms with Crippen LogP contribution in [0.1, 0.15) is 38.6 Å². The summed E-state index contributed by atoms with van der Waals surface area (Å²) in [6, 6.07) is 2.20. The van der Waals surface area contributed by atoms with Crippen LogP contribution in [0.2, 0.25) is 0 Å². The van der Waals surface area contributed by atoms with Crippen LogP contribution in [-0.2, 0) is 12.5 Å². The molecule has 15 heavy (non-hydrogen) atoms. The van der Waals surface area contributed by atoms with Gasteiger partial charge in [0.2, 0.25) is 0 Å². The highest BCUT2D eigenvalue weighted by atomic mass is 15.3. The first kappa shape index (κ1) is 10.2. The Kier molecular flexibility index (Phi) is 2.29. The molecule has 0 spiro atoms. The molecule has 1 heterocycles. The smallest absolute Gasteiger partial charge is 0.0922 e. The Morgan fingerprint density at radius 3 is 2.53 bits per heavy atom. The summed E-state index contributed by atoms with van der Waals surface area (Å²) in [4.78, 5) is 0. The van der Waals surface area contributed by atoms with E-state index >= 15 is 0 Å².